The van der Waals surface area contributed by atoms with Crippen molar-refractivity contribution in [2.75, 3.05) is 14.1 Å². The van der Waals surface area contributed by atoms with Crippen molar-refractivity contribution < 1.29 is 0 Å². The molecule has 1 aliphatic rings. The molecule has 0 bridgehead atoms. The number of fused-ring (bicyclic) bond motifs is 1. The second-order valence-electron chi connectivity index (χ2n) is 2.98. The highest BCUT2D eigenvalue weighted by molar-refractivity contribution is 5.59. The lowest BCUT2D eigenvalue weighted by atomic mass is 10.2. The van der Waals surface area contributed by atoms with E-state index in [1.807, 2.05) is 14.1 Å². The van der Waals surface area contributed by atoms with Crippen LogP contribution in [-0.4, -0.2) is 40.1 Å². The van der Waals surface area contributed by atoms with E-state index in [4.69, 9.17) is 0 Å². The highest BCUT2D eigenvalue weighted by Crippen LogP contribution is 2.21. The second kappa shape index (κ2) is 2.67. The Kier molecular flexibility index (Phi) is 1.65. The molecule has 0 fully saturated rings. The van der Waals surface area contributed by atoms with Crippen LogP contribution >= 0.6 is 0 Å². The van der Waals surface area contributed by atoms with Crippen LogP contribution in [0.1, 0.15) is 18.3 Å². The first kappa shape index (κ1) is 7.42. The maximum absolute atomic E-state index is 4.00. The maximum Gasteiger partial charge on any atom is 0.171 e. The van der Waals surface area contributed by atoms with E-state index in [9.17, 15) is 0 Å². The molecule has 2 heterocycles. The van der Waals surface area contributed by atoms with Gasteiger partial charge in [0, 0.05) is 6.42 Å². The largest absolute Gasteiger partial charge is 0.299 e. The summed E-state index contributed by atoms with van der Waals surface area (Å²) in [6.07, 6.45) is 5.30. The Hall–Kier alpha value is -1.23. The van der Waals surface area contributed by atoms with E-state index in [0.29, 0.717) is 0 Å². The summed E-state index contributed by atoms with van der Waals surface area (Å²) in [5, 5.41) is 11.8. The summed E-state index contributed by atoms with van der Waals surface area (Å²) in [7, 11) is 4.02. The molecule has 0 amide bonds. The van der Waals surface area contributed by atoms with Gasteiger partial charge in [-0.15, -0.1) is 10.2 Å². The van der Waals surface area contributed by atoms with Crippen LogP contribution in [0.15, 0.2) is 11.4 Å². The standard InChI is InChI=1S/C7H10N5/c1-11(2)6-3-4-9-12-5-8-10-7(6)12/h5-6H,3H2,1-2H3. The van der Waals surface area contributed by atoms with Gasteiger partial charge >= 0.3 is 0 Å². The fraction of sp³-hybridized carbons (Fsp3) is 0.571. The lowest BCUT2D eigenvalue weighted by Gasteiger charge is -2.23. The smallest absolute Gasteiger partial charge is 0.171 e. The van der Waals surface area contributed by atoms with Gasteiger partial charge in [-0.2, -0.15) is 5.10 Å². The third kappa shape index (κ3) is 1.02. The van der Waals surface area contributed by atoms with Crippen LogP contribution in [0, 0.1) is 0 Å². The van der Waals surface area contributed by atoms with E-state index < -0.39 is 0 Å². The van der Waals surface area contributed by atoms with Crippen molar-refractivity contribution in [3.05, 3.63) is 12.2 Å². The first-order chi connectivity index (χ1) is 5.79. The summed E-state index contributed by atoms with van der Waals surface area (Å²) in [6.45, 7) is 0. The first-order valence-corrected chi connectivity index (χ1v) is 3.79. The Morgan fingerprint density at radius 2 is 2.50 bits per heavy atom. The number of hydrogen-bond acceptors (Lipinski definition) is 4. The Bertz CT molecular complexity index is 301. The molecule has 5 nitrogen and oxygen atoms in total. The molecule has 1 aromatic heterocycles. The van der Waals surface area contributed by atoms with E-state index in [1.165, 1.54) is 0 Å². The minimum Gasteiger partial charge on any atom is -0.299 e. The molecule has 1 aromatic rings. The molecule has 2 rings (SSSR count). The predicted octanol–water partition coefficient (Wildman–Crippen LogP) is -0.00460. The highest BCUT2D eigenvalue weighted by Gasteiger charge is 2.22. The molecule has 0 spiro atoms. The topological polar surface area (TPSA) is 46.3 Å². The predicted molar refractivity (Wildman–Crippen MR) is 43.9 cm³/mol. The summed E-state index contributed by atoms with van der Waals surface area (Å²) in [4.78, 5) is 2.09. The number of aromatic nitrogens is 3. The van der Waals surface area contributed by atoms with Crippen molar-refractivity contribution in [3.63, 3.8) is 0 Å². The van der Waals surface area contributed by atoms with Crippen LogP contribution in [0.4, 0.5) is 0 Å². The first-order valence-electron chi connectivity index (χ1n) is 3.79. The Balaban J connectivity index is 2.38. The average molecular weight is 164 g/mol. The number of rotatable bonds is 1. The molecule has 1 radical (unpaired) electrons. The molecular weight excluding hydrogens is 154 g/mol. The second-order valence-corrected chi connectivity index (χ2v) is 2.98. The SMILES string of the molecule is CN(C)C1C[C]=Nn2cnnc21. The van der Waals surface area contributed by atoms with Gasteiger partial charge in [-0.25, -0.2) is 4.68 Å². The van der Waals surface area contributed by atoms with Crippen LogP contribution in [0.2, 0.25) is 0 Å². The normalized spacial score (nSPS) is 21.4. The number of nitrogens with zero attached hydrogens (tertiary/aromatic N) is 5. The van der Waals surface area contributed by atoms with Gasteiger partial charge in [0.05, 0.1) is 12.3 Å². The minimum absolute atomic E-state index is 0.255. The van der Waals surface area contributed by atoms with E-state index >= 15 is 0 Å². The van der Waals surface area contributed by atoms with Crippen LogP contribution < -0.4 is 0 Å². The van der Waals surface area contributed by atoms with Gasteiger partial charge in [-0.1, -0.05) is 0 Å². The fourth-order valence-corrected chi connectivity index (χ4v) is 1.24. The number of hydrogen-bond donors (Lipinski definition) is 0. The van der Waals surface area contributed by atoms with Crippen molar-refractivity contribution >= 4 is 6.21 Å². The Labute approximate surface area is 70.7 Å². The van der Waals surface area contributed by atoms with Gasteiger partial charge in [0.15, 0.2) is 5.82 Å². The van der Waals surface area contributed by atoms with E-state index in [1.54, 1.807) is 11.0 Å². The molecule has 5 heteroatoms. The molecule has 63 valence electrons. The molecular formula is C7H10N5. The summed E-state index contributed by atoms with van der Waals surface area (Å²) in [6, 6.07) is 0.255. The molecule has 0 aromatic carbocycles. The third-order valence-electron chi connectivity index (χ3n) is 1.94. The monoisotopic (exact) mass is 164 g/mol. The zero-order valence-electron chi connectivity index (χ0n) is 7.10. The van der Waals surface area contributed by atoms with Crippen molar-refractivity contribution in [1.29, 1.82) is 0 Å². The Morgan fingerprint density at radius 1 is 1.67 bits per heavy atom. The zero-order chi connectivity index (χ0) is 8.55. The van der Waals surface area contributed by atoms with Crippen molar-refractivity contribution in [2.45, 2.75) is 12.5 Å². The van der Waals surface area contributed by atoms with Crippen molar-refractivity contribution in [1.82, 2.24) is 19.8 Å². The lowest BCUT2D eigenvalue weighted by Crippen LogP contribution is -2.25. The quantitative estimate of drug-likeness (QED) is 0.586. The molecule has 12 heavy (non-hydrogen) atoms. The molecule has 1 unspecified atom stereocenters. The minimum atomic E-state index is 0.255. The highest BCUT2D eigenvalue weighted by atomic mass is 15.5. The zero-order valence-corrected chi connectivity index (χ0v) is 7.10. The maximum atomic E-state index is 4.00. The Morgan fingerprint density at radius 3 is 3.25 bits per heavy atom. The summed E-state index contributed by atoms with van der Waals surface area (Å²) < 4.78 is 1.66. The fourth-order valence-electron chi connectivity index (χ4n) is 1.24. The van der Waals surface area contributed by atoms with Gasteiger partial charge < -0.3 is 0 Å². The molecule has 0 N–H and O–H groups in total. The summed E-state index contributed by atoms with van der Waals surface area (Å²) in [5.74, 6) is 0.888. The molecule has 0 aliphatic carbocycles. The van der Waals surface area contributed by atoms with Crippen LogP contribution in [0.5, 0.6) is 0 Å². The van der Waals surface area contributed by atoms with Gasteiger partial charge in [-0.05, 0) is 14.1 Å². The van der Waals surface area contributed by atoms with E-state index in [-0.39, 0.29) is 6.04 Å². The summed E-state index contributed by atoms with van der Waals surface area (Å²) in [5.41, 5.74) is 0. The third-order valence-corrected chi connectivity index (χ3v) is 1.94. The molecule has 0 saturated carbocycles. The van der Waals surface area contributed by atoms with Gasteiger partial charge in [-0.3, -0.25) is 4.90 Å². The van der Waals surface area contributed by atoms with Crippen LogP contribution in [0.3, 0.4) is 0 Å². The molecule has 0 saturated heterocycles. The van der Waals surface area contributed by atoms with Crippen LogP contribution in [0.25, 0.3) is 0 Å². The van der Waals surface area contributed by atoms with Gasteiger partial charge in [0.2, 0.25) is 0 Å². The van der Waals surface area contributed by atoms with Gasteiger partial charge in [0.25, 0.3) is 0 Å². The lowest BCUT2D eigenvalue weighted by molar-refractivity contribution is 0.284. The van der Waals surface area contributed by atoms with E-state index in [0.717, 1.165) is 12.2 Å². The van der Waals surface area contributed by atoms with Crippen molar-refractivity contribution in [2.24, 2.45) is 5.10 Å². The van der Waals surface area contributed by atoms with Gasteiger partial charge in [0.1, 0.15) is 6.33 Å². The molecule has 1 atom stereocenters. The van der Waals surface area contributed by atoms with Crippen LogP contribution in [-0.2, 0) is 0 Å². The average Bonchev–Trinajstić information content (AvgIpc) is 2.49. The van der Waals surface area contributed by atoms with E-state index in [2.05, 4.69) is 26.4 Å². The van der Waals surface area contributed by atoms with Crippen molar-refractivity contribution in [3.8, 4) is 0 Å². The molecule has 1 aliphatic heterocycles. The summed E-state index contributed by atoms with van der Waals surface area (Å²) >= 11 is 0.